The monoisotopic (exact) mass is 356 g/mol. The SMILES string of the molecule is COC(=O)c1ccc(C=Nc2ccc(-c3nc4ccccc4o3)cc2)cc1. The second kappa shape index (κ2) is 7.25. The largest absolute Gasteiger partial charge is 0.465 e. The van der Waals surface area contributed by atoms with Crippen LogP contribution in [0.15, 0.2) is 82.2 Å². The van der Waals surface area contributed by atoms with Crippen LogP contribution in [0.2, 0.25) is 0 Å². The van der Waals surface area contributed by atoms with Gasteiger partial charge in [-0.2, -0.15) is 0 Å². The Labute approximate surface area is 156 Å². The van der Waals surface area contributed by atoms with Crippen molar-refractivity contribution in [2.45, 2.75) is 0 Å². The molecular weight excluding hydrogens is 340 g/mol. The molecule has 4 rings (SSSR count). The van der Waals surface area contributed by atoms with Gasteiger partial charge < -0.3 is 9.15 Å². The van der Waals surface area contributed by atoms with Gasteiger partial charge in [0.05, 0.1) is 18.4 Å². The zero-order valence-corrected chi connectivity index (χ0v) is 14.6. The number of oxazole rings is 1. The van der Waals surface area contributed by atoms with Gasteiger partial charge in [-0.3, -0.25) is 4.99 Å². The predicted molar refractivity (Wildman–Crippen MR) is 104 cm³/mol. The summed E-state index contributed by atoms with van der Waals surface area (Å²) in [6, 6.07) is 22.4. The van der Waals surface area contributed by atoms with Gasteiger partial charge in [-0.05, 0) is 54.1 Å². The first-order valence-corrected chi connectivity index (χ1v) is 8.41. The molecule has 132 valence electrons. The molecule has 1 heterocycles. The Balaban J connectivity index is 1.50. The number of hydrogen-bond donors (Lipinski definition) is 0. The average Bonchev–Trinajstić information content (AvgIpc) is 3.17. The van der Waals surface area contributed by atoms with E-state index in [1.54, 1.807) is 18.3 Å². The molecule has 0 aliphatic carbocycles. The Morgan fingerprint density at radius 1 is 1.00 bits per heavy atom. The number of benzene rings is 3. The van der Waals surface area contributed by atoms with Crippen molar-refractivity contribution >= 4 is 29.0 Å². The molecule has 5 heteroatoms. The van der Waals surface area contributed by atoms with Crippen molar-refractivity contribution in [2.24, 2.45) is 4.99 Å². The summed E-state index contributed by atoms with van der Waals surface area (Å²) in [6.45, 7) is 0. The van der Waals surface area contributed by atoms with Crippen molar-refractivity contribution in [3.05, 3.63) is 83.9 Å². The number of esters is 1. The number of carbonyl (C=O) groups is 1. The number of ether oxygens (including phenoxy) is 1. The highest BCUT2D eigenvalue weighted by atomic mass is 16.5. The summed E-state index contributed by atoms with van der Waals surface area (Å²) in [5, 5.41) is 0. The van der Waals surface area contributed by atoms with E-state index < -0.39 is 0 Å². The van der Waals surface area contributed by atoms with Crippen molar-refractivity contribution in [3.63, 3.8) is 0 Å². The molecular formula is C22H16N2O3. The third kappa shape index (κ3) is 3.62. The molecule has 0 amide bonds. The number of aliphatic imine (C=N–C) groups is 1. The van der Waals surface area contributed by atoms with Gasteiger partial charge in [0, 0.05) is 11.8 Å². The standard InChI is InChI=1S/C22H16N2O3/c1-26-22(25)17-8-6-15(7-9-17)14-23-18-12-10-16(11-13-18)21-24-19-4-2-3-5-20(19)27-21/h2-14H,1H3. The van der Waals surface area contributed by atoms with Crippen LogP contribution in [-0.4, -0.2) is 24.3 Å². The van der Waals surface area contributed by atoms with Crippen LogP contribution in [-0.2, 0) is 4.74 Å². The van der Waals surface area contributed by atoms with Gasteiger partial charge in [0.25, 0.3) is 0 Å². The molecule has 0 fully saturated rings. The summed E-state index contributed by atoms with van der Waals surface area (Å²) in [7, 11) is 1.36. The van der Waals surface area contributed by atoms with Gasteiger partial charge in [-0.25, -0.2) is 9.78 Å². The molecule has 0 atom stereocenters. The lowest BCUT2D eigenvalue weighted by Gasteiger charge is -1.99. The van der Waals surface area contributed by atoms with E-state index in [1.165, 1.54) is 7.11 Å². The molecule has 5 nitrogen and oxygen atoms in total. The number of methoxy groups -OCH3 is 1. The molecule has 0 bridgehead atoms. The van der Waals surface area contributed by atoms with Crippen LogP contribution in [0, 0.1) is 0 Å². The van der Waals surface area contributed by atoms with Gasteiger partial charge in [0.1, 0.15) is 5.52 Å². The minimum Gasteiger partial charge on any atom is -0.465 e. The molecule has 4 aromatic rings. The lowest BCUT2D eigenvalue weighted by molar-refractivity contribution is 0.0600. The van der Waals surface area contributed by atoms with Crippen LogP contribution in [0.4, 0.5) is 5.69 Å². The third-order valence-corrected chi connectivity index (χ3v) is 4.10. The van der Waals surface area contributed by atoms with E-state index in [0.717, 1.165) is 27.9 Å². The maximum atomic E-state index is 11.4. The summed E-state index contributed by atoms with van der Waals surface area (Å²) < 4.78 is 10.5. The molecule has 27 heavy (non-hydrogen) atoms. The molecule has 0 unspecified atom stereocenters. The zero-order valence-electron chi connectivity index (χ0n) is 14.6. The maximum absolute atomic E-state index is 11.4. The van der Waals surface area contributed by atoms with E-state index in [4.69, 9.17) is 4.42 Å². The average molecular weight is 356 g/mol. The molecule has 1 aromatic heterocycles. The van der Waals surface area contributed by atoms with Crippen molar-refractivity contribution in [3.8, 4) is 11.5 Å². The number of aromatic nitrogens is 1. The summed E-state index contributed by atoms with van der Waals surface area (Å²) in [6.07, 6.45) is 1.75. The summed E-state index contributed by atoms with van der Waals surface area (Å²) in [5.41, 5.74) is 4.72. The van der Waals surface area contributed by atoms with Gasteiger partial charge in [0.2, 0.25) is 5.89 Å². The second-order valence-electron chi connectivity index (χ2n) is 5.91. The Bertz CT molecular complexity index is 1080. The van der Waals surface area contributed by atoms with E-state index >= 15 is 0 Å². The topological polar surface area (TPSA) is 64.7 Å². The Morgan fingerprint density at radius 3 is 2.44 bits per heavy atom. The van der Waals surface area contributed by atoms with E-state index in [-0.39, 0.29) is 5.97 Å². The third-order valence-electron chi connectivity index (χ3n) is 4.10. The fourth-order valence-electron chi connectivity index (χ4n) is 2.66. The van der Waals surface area contributed by atoms with Gasteiger partial charge in [-0.1, -0.05) is 24.3 Å². The Kier molecular flexibility index (Phi) is 4.49. The number of hydrogen-bond acceptors (Lipinski definition) is 5. The van der Waals surface area contributed by atoms with Crippen molar-refractivity contribution in [2.75, 3.05) is 7.11 Å². The number of para-hydroxylation sites is 2. The Hall–Kier alpha value is -3.73. The lowest BCUT2D eigenvalue weighted by Crippen LogP contribution is -2.00. The normalized spacial score (nSPS) is 11.1. The molecule has 0 aliphatic rings. The number of rotatable bonds is 4. The molecule has 0 spiro atoms. The van der Waals surface area contributed by atoms with E-state index in [9.17, 15) is 4.79 Å². The van der Waals surface area contributed by atoms with Crippen molar-refractivity contribution in [1.82, 2.24) is 4.98 Å². The highest BCUT2D eigenvalue weighted by Crippen LogP contribution is 2.25. The van der Waals surface area contributed by atoms with E-state index in [2.05, 4.69) is 14.7 Å². The van der Waals surface area contributed by atoms with E-state index in [1.807, 2.05) is 60.7 Å². The summed E-state index contributed by atoms with van der Waals surface area (Å²) in [5.74, 6) is 0.235. The molecule has 0 radical (unpaired) electrons. The van der Waals surface area contributed by atoms with E-state index in [0.29, 0.717) is 11.5 Å². The first-order chi connectivity index (χ1) is 13.2. The predicted octanol–water partition coefficient (Wildman–Crippen LogP) is 5.03. The first kappa shape index (κ1) is 16.7. The number of carbonyl (C=O) groups excluding carboxylic acids is 1. The molecule has 0 saturated carbocycles. The highest BCUT2D eigenvalue weighted by molar-refractivity contribution is 5.91. The summed E-state index contributed by atoms with van der Waals surface area (Å²) in [4.78, 5) is 20.4. The molecule has 0 aliphatic heterocycles. The fraction of sp³-hybridized carbons (Fsp3) is 0.0455. The van der Waals surface area contributed by atoms with Gasteiger partial charge in [-0.15, -0.1) is 0 Å². The Morgan fingerprint density at radius 2 is 1.74 bits per heavy atom. The number of fused-ring (bicyclic) bond motifs is 1. The second-order valence-corrected chi connectivity index (χ2v) is 5.91. The van der Waals surface area contributed by atoms with Crippen LogP contribution in [0.3, 0.4) is 0 Å². The van der Waals surface area contributed by atoms with Crippen LogP contribution >= 0.6 is 0 Å². The quantitative estimate of drug-likeness (QED) is 0.380. The zero-order chi connectivity index (χ0) is 18.6. The smallest absolute Gasteiger partial charge is 0.337 e. The van der Waals surface area contributed by atoms with Crippen LogP contribution in [0.25, 0.3) is 22.6 Å². The van der Waals surface area contributed by atoms with Crippen LogP contribution in [0.5, 0.6) is 0 Å². The van der Waals surface area contributed by atoms with Crippen molar-refractivity contribution < 1.29 is 13.9 Å². The highest BCUT2D eigenvalue weighted by Gasteiger charge is 2.07. The fourth-order valence-corrected chi connectivity index (χ4v) is 2.66. The van der Waals surface area contributed by atoms with Crippen molar-refractivity contribution in [1.29, 1.82) is 0 Å². The van der Waals surface area contributed by atoms with Gasteiger partial charge >= 0.3 is 5.97 Å². The molecule has 3 aromatic carbocycles. The molecule has 0 N–H and O–H groups in total. The number of nitrogens with zero attached hydrogens (tertiary/aromatic N) is 2. The van der Waals surface area contributed by atoms with Crippen LogP contribution < -0.4 is 0 Å². The minimum atomic E-state index is -0.353. The van der Waals surface area contributed by atoms with Gasteiger partial charge in [0.15, 0.2) is 5.58 Å². The minimum absolute atomic E-state index is 0.353. The van der Waals surface area contributed by atoms with Crippen LogP contribution in [0.1, 0.15) is 15.9 Å². The lowest BCUT2D eigenvalue weighted by atomic mass is 10.1. The molecule has 0 saturated heterocycles. The summed E-state index contributed by atoms with van der Waals surface area (Å²) >= 11 is 0. The first-order valence-electron chi connectivity index (χ1n) is 8.41. The maximum Gasteiger partial charge on any atom is 0.337 e.